The summed E-state index contributed by atoms with van der Waals surface area (Å²) < 4.78 is 47.9. The molecule has 1 aliphatic rings. The highest BCUT2D eigenvalue weighted by molar-refractivity contribution is 9.10. The number of piperazine rings is 1. The van der Waals surface area contributed by atoms with Crippen LogP contribution in [0.5, 0.6) is 5.75 Å². The number of hydrogen-bond acceptors (Lipinski definition) is 9. The normalized spacial score (nSPS) is 13.5. The van der Waals surface area contributed by atoms with Crippen LogP contribution in [0.3, 0.4) is 0 Å². The van der Waals surface area contributed by atoms with Crippen molar-refractivity contribution in [1.82, 2.24) is 34.0 Å². The summed E-state index contributed by atoms with van der Waals surface area (Å²) in [4.78, 5) is 56.7. The first-order chi connectivity index (χ1) is 23.8. The Morgan fingerprint density at radius 2 is 1.76 bits per heavy atom. The average Bonchev–Trinajstić information content (AvgIpc) is 3.48. The molecule has 1 aliphatic heterocycles. The first-order valence-electron chi connectivity index (χ1n) is 15.2. The number of carbonyl (C=O) groups excluding carboxylic acids is 2. The van der Waals surface area contributed by atoms with E-state index in [-0.39, 0.29) is 77.8 Å². The number of aromatic nitrogens is 6. The van der Waals surface area contributed by atoms with Crippen molar-refractivity contribution in [3.05, 3.63) is 103 Å². The number of fused-ring (bicyclic) bond motifs is 1. The van der Waals surface area contributed by atoms with Crippen LogP contribution in [-0.4, -0.2) is 72.0 Å². The first-order valence-corrected chi connectivity index (χ1v) is 16.3. The van der Waals surface area contributed by atoms with E-state index >= 15 is 0 Å². The van der Waals surface area contributed by atoms with E-state index in [4.69, 9.17) is 16.3 Å². The van der Waals surface area contributed by atoms with Gasteiger partial charge in [0.25, 0.3) is 11.5 Å². The molecule has 50 heavy (non-hydrogen) atoms. The number of nitrogens with one attached hydrogen (secondary N) is 1. The second-order valence-electron chi connectivity index (χ2n) is 11.3. The van der Waals surface area contributed by atoms with Crippen LogP contribution in [0.15, 0.2) is 64.4 Å². The Morgan fingerprint density at radius 3 is 2.44 bits per heavy atom. The van der Waals surface area contributed by atoms with Crippen molar-refractivity contribution >= 4 is 56.5 Å². The number of carbonyl (C=O) groups is 2. The summed E-state index contributed by atoms with van der Waals surface area (Å²) >= 11 is 9.23. The molecule has 1 N–H and O–H groups in total. The number of hydrogen-bond donors (Lipinski definition) is 1. The van der Waals surface area contributed by atoms with Crippen LogP contribution < -0.4 is 20.5 Å². The average molecular weight is 775 g/mol. The Labute approximate surface area is 295 Å². The van der Waals surface area contributed by atoms with E-state index in [0.717, 1.165) is 28.3 Å². The van der Waals surface area contributed by atoms with Crippen molar-refractivity contribution in [2.75, 3.05) is 36.4 Å². The van der Waals surface area contributed by atoms with Gasteiger partial charge in [-0.3, -0.25) is 14.4 Å². The van der Waals surface area contributed by atoms with E-state index in [1.165, 1.54) is 10.9 Å². The second kappa shape index (κ2) is 14.1. The van der Waals surface area contributed by atoms with Gasteiger partial charge in [0, 0.05) is 31.9 Å². The van der Waals surface area contributed by atoms with Gasteiger partial charge in [0.15, 0.2) is 11.4 Å². The number of ether oxygens (including phenoxy) is 1. The van der Waals surface area contributed by atoms with Crippen molar-refractivity contribution in [3.8, 4) is 5.75 Å². The maximum Gasteiger partial charge on any atom is 0.416 e. The third-order valence-corrected chi connectivity index (χ3v) is 8.76. The Bertz CT molecular complexity index is 2150. The number of rotatable bonds is 8. The van der Waals surface area contributed by atoms with Crippen LogP contribution in [0.4, 0.5) is 24.5 Å². The smallest absolute Gasteiger partial charge is 0.416 e. The molecule has 1 saturated heterocycles. The highest BCUT2D eigenvalue weighted by Crippen LogP contribution is 2.34. The zero-order chi connectivity index (χ0) is 35.7. The topological polar surface area (TPSA) is 140 Å². The molecule has 5 aromatic rings. The lowest BCUT2D eigenvalue weighted by Crippen LogP contribution is -2.51. The van der Waals surface area contributed by atoms with E-state index in [2.05, 4.69) is 41.3 Å². The van der Waals surface area contributed by atoms with Gasteiger partial charge in [-0.05, 0) is 53.5 Å². The molecule has 4 heterocycles. The van der Waals surface area contributed by atoms with Crippen molar-refractivity contribution < 1.29 is 27.5 Å². The van der Waals surface area contributed by atoms with Crippen molar-refractivity contribution in [3.63, 3.8) is 0 Å². The van der Waals surface area contributed by atoms with Gasteiger partial charge >= 0.3 is 6.18 Å². The molecule has 0 bridgehead atoms. The van der Waals surface area contributed by atoms with Gasteiger partial charge in [-0.1, -0.05) is 41.9 Å². The van der Waals surface area contributed by atoms with Crippen molar-refractivity contribution in [1.29, 1.82) is 0 Å². The maximum absolute atomic E-state index is 13.7. The van der Waals surface area contributed by atoms with E-state index in [0.29, 0.717) is 17.1 Å². The minimum Gasteiger partial charge on any atom is -0.485 e. The number of halogens is 5. The van der Waals surface area contributed by atoms with Crippen LogP contribution in [-0.2, 0) is 24.1 Å². The molecule has 3 aromatic heterocycles. The highest BCUT2D eigenvalue weighted by atomic mass is 79.9. The molecule has 0 unspecified atom stereocenters. The van der Waals surface area contributed by atoms with E-state index in [9.17, 15) is 27.6 Å². The van der Waals surface area contributed by atoms with Crippen LogP contribution in [0, 0.1) is 13.8 Å². The molecule has 0 saturated carbocycles. The lowest BCUT2D eigenvalue weighted by atomic mass is 10.2. The number of anilines is 2. The summed E-state index contributed by atoms with van der Waals surface area (Å²) in [7, 11) is 0. The number of aryl methyl sites for hydroxylation is 1. The molecule has 2 amide bonds. The Morgan fingerprint density at radius 1 is 1.04 bits per heavy atom. The molecule has 0 radical (unpaired) electrons. The van der Waals surface area contributed by atoms with E-state index in [1.807, 2.05) is 30.3 Å². The van der Waals surface area contributed by atoms with Gasteiger partial charge in [-0.15, -0.1) is 5.10 Å². The first kappa shape index (κ1) is 34.8. The molecule has 1 fully saturated rings. The monoisotopic (exact) mass is 773 g/mol. The minimum absolute atomic E-state index is 0.0180. The van der Waals surface area contributed by atoms with Gasteiger partial charge < -0.3 is 24.4 Å². The molecular formula is C32H28BrClF3N9O4. The fourth-order valence-corrected chi connectivity index (χ4v) is 6.15. The van der Waals surface area contributed by atoms with Gasteiger partial charge in [-0.2, -0.15) is 22.7 Å². The molecule has 0 aliphatic carbocycles. The Balaban J connectivity index is 1.21. The third-order valence-electron chi connectivity index (χ3n) is 8.11. The van der Waals surface area contributed by atoms with Crippen LogP contribution in [0.25, 0.3) is 5.78 Å². The molecule has 18 heteroatoms. The standard InChI is InChI=1S/C32H28BrClF3N9O4/c1-18-27(50-16-20-6-4-3-5-7-20)25(39-17-38-18)28(48)44-12-10-43(11-13-44)26-19(2)45(31-41-30(33)42-46(31)29(26)49)15-24(47)40-23-9-8-21(14-22(23)34)32(35,36)37/h3-9,14,17H,10-13,15-16H2,1-2H3,(H,40,47). The predicted molar refractivity (Wildman–Crippen MR) is 180 cm³/mol. The number of nitrogens with zero attached hydrogens (tertiary/aromatic N) is 8. The molecule has 0 atom stereocenters. The number of benzene rings is 2. The van der Waals surface area contributed by atoms with Crippen molar-refractivity contribution in [2.45, 2.75) is 33.2 Å². The fraction of sp³-hybridized carbons (Fsp3) is 0.281. The van der Waals surface area contributed by atoms with Crippen LogP contribution in [0.1, 0.15) is 33.0 Å². The molecule has 6 rings (SSSR count). The molecule has 260 valence electrons. The quantitative estimate of drug-likeness (QED) is 0.233. The van der Waals surface area contributed by atoms with Crippen molar-refractivity contribution in [2.24, 2.45) is 0 Å². The lowest BCUT2D eigenvalue weighted by molar-refractivity contribution is -0.137. The minimum atomic E-state index is -4.60. The van der Waals surface area contributed by atoms with Gasteiger partial charge in [0.2, 0.25) is 16.4 Å². The zero-order valence-corrected chi connectivity index (χ0v) is 28.9. The second-order valence-corrected chi connectivity index (χ2v) is 12.5. The third kappa shape index (κ3) is 7.14. The van der Waals surface area contributed by atoms with Gasteiger partial charge in [0.05, 0.1) is 22.0 Å². The molecule has 2 aromatic carbocycles. The molecular weight excluding hydrogens is 747 g/mol. The summed E-state index contributed by atoms with van der Waals surface area (Å²) in [6.07, 6.45) is -3.29. The zero-order valence-electron chi connectivity index (χ0n) is 26.5. The van der Waals surface area contributed by atoms with E-state index in [1.54, 1.807) is 23.6 Å². The Hall–Kier alpha value is -5.03. The summed E-state index contributed by atoms with van der Waals surface area (Å²) in [6.45, 7) is 4.25. The largest absolute Gasteiger partial charge is 0.485 e. The summed E-state index contributed by atoms with van der Waals surface area (Å²) in [5, 5.41) is 6.39. The SMILES string of the molecule is Cc1ncnc(C(=O)N2CCN(c3c(C)n(CC(=O)Nc4ccc(C(F)(F)F)cc4Cl)c4nc(Br)nn4c3=O)CC2)c1OCc1ccccc1. The summed E-state index contributed by atoms with van der Waals surface area (Å²) in [5.41, 5.74) is 0.741. The number of amides is 2. The highest BCUT2D eigenvalue weighted by Gasteiger charge is 2.32. The van der Waals surface area contributed by atoms with E-state index < -0.39 is 23.2 Å². The summed E-state index contributed by atoms with van der Waals surface area (Å²) in [5.74, 6) is -0.624. The van der Waals surface area contributed by atoms with Crippen LogP contribution >= 0.6 is 27.5 Å². The Kier molecular flexibility index (Phi) is 9.80. The van der Waals surface area contributed by atoms with Crippen LogP contribution in [0.2, 0.25) is 5.02 Å². The van der Waals surface area contributed by atoms with Gasteiger partial charge in [0.1, 0.15) is 25.2 Å². The molecule has 0 spiro atoms. The number of alkyl halides is 3. The molecule has 13 nitrogen and oxygen atoms in total. The lowest BCUT2D eigenvalue weighted by Gasteiger charge is -2.36. The maximum atomic E-state index is 13.7. The predicted octanol–water partition coefficient (Wildman–Crippen LogP) is 4.91. The van der Waals surface area contributed by atoms with Gasteiger partial charge in [-0.25, -0.2) is 9.97 Å². The summed E-state index contributed by atoms with van der Waals surface area (Å²) in [6, 6.07) is 12.1. The fourth-order valence-electron chi connectivity index (χ4n) is 5.60.